The van der Waals surface area contributed by atoms with E-state index >= 15 is 0 Å². The van der Waals surface area contributed by atoms with Gasteiger partial charge in [0.2, 0.25) is 0 Å². The van der Waals surface area contributed by atoms with Crippen LogP contribution >= 0.6 is 12.8 Å². The zero-order valence-electron chi connectivity index (χ0n) is 14.9. The van der Waals surface area contributed by atoms with Crippen LogP contribution in [0.2, 0.25) is 0 Å². The first-order chi connectivity index (χ1) is 11.0. The number of thiol groups is 1. The second-order valence-corrected chi connectivity index (χ2v) is 7.19. The van der Waals surface area contributed by atoms with Gasteiger partial charge in [-0.1, -0.05) is 65.5 Å². The highest BCUT2D eigenvalue weighted by molar-refractivity contribution is 7.82. The Kier molecular flexibility index (Phi) is 6.40. The van der Waals surface area contributed by atoms with Gasteiger partial charge in [0.05, 0.1) is 5.69 Å². The first-order valence-electron chi connectivity index (χ1n) is 8.93. The van der Waals surface area contributed by atoms with E-state index < -0.39 is 0 Å². The van der Waals surface area contributed by atoms with Gasteiger partial charge < -0.3 is 5.32 Å². The van der Waals surface area contributed by atoms with Crippen LogP contribution in [0, 0.1) is 0 Å². The molecule has 3 nitrogen and oxygen atoms in total. The minimum atomic E-state index is -0.0954. The number of rotatable bonds is 5. The Morgan fingerprint density at radius 1 is 1.22 bits per heavy atom. The third-order valence-electron chi connectivity index (χ3n) is 4.81. The molecule has 0 unspecified atom stereocenters. The number of benzene rings is 1. The molecule has 0 saturated heterocycles. The molecule has 0 heterocycles. The number of hydrogen-bond donors (Lipinski definition) is 2. The van der Waals surface area contributed by atoms with Crippen molar-refractivity contribution in [1.82, 2.24) is 5.32 Å². The quantitative estimate of drug-likeness (QED) is 0.709. The lowest BCUT2D eigenvalue weighted by Gasteiger charge is -2.25. The Labute approximate surface area is 146 Å². The summed E-state index contributed by atoms with van der Waals surface area (Å²) < 4.78 is 1.53. The summed E-state index contributed by atoms with van der Waals surface area (Å²) in [5.74, 6) is 0.486. The molecule has 1 N–H and O–H groups in total. The van der Waals surface area contributed by atoms with E-state index in [1.807, 2.05) is 0 Å². The second-order valence-electron chi connectivity index (χ2n) is 6.79. The molecule has 1 aliphatic carbocycles. The second kappa shape index (κ2) is 8.09. The number of carbonyl (C=O) groups excluding carboxylic acids is 1. The van der Waals surface area contributed by atoms with Gasteiger partial charge in [-0.3, -0.25) is 0 Å². The number of carbonyl (C=O) groups is 1. The Balaban J connectivity index is 2.30. The zero-order chi connectivity index (χ0) is 17.0. The summed E-state index contributed by atoms with van der Waals surface area (Å²) in [6.07, 6.45) is 6.39. The molecule has 1 aromatic rings. The number of urea groups is 1. The highest BCUT2D eigenvalue weighted by atomic mass is 32.1. The summed E-state index contributed by atoms with van der Waals surface area (Å²) in [7, 11) is 0. The zero-order valence-corrected chi connectivity index (χ0v) is 15.7. The third kappa shape index (κ3) is 4.23. The van der Waals surface area contributed by atoms with Crippen molar-refractivity contribution in [2.24, 2.45) is 0 Å². The van der Waals surface area contributed by atoms with Crippen molar-refractivity contribution in [3.8, 4) is 0 Å². The van der Waals surface area contributed by atoms with Crippen molar-refractivity contribution < 1.29 is 4.79 Å². The summed E-state index contributed by atoms with van der Waals surface area (Å²) in [6, 6.07) is 4.67. The highest BCUT2D eigenvalue weighted by Gasteiger charge is 2.23. The van der Waals surface area contributed by atoms with Gasteiger partial charge in [-0.25, -0.2) is 9.10 Å². The molecule has 128 valence electrons. The van der Waals surface area contributed by atoms with Crippen LogP contribution in [0.5, 0.6) is 0 Å². The van der Waals surface area contributed by atoms with Crippen molar-refractivity contribution in [3.63, 3.8) is 0 Å². The maximum atomic E-state index is 12.6. The Hall–Kier alpha value is -1.16. The summed E-state index contributed by atoms with van der Waals surface area (Å²) in [6.45, 7) is 8.69. The van der Waals surface area contributed by atoms with E-state index in [1.54, 1.807) is 0 Å². The smallest absolute Gasteiger partial charge is 0.332 e. The standard InChI is InChI=1S/C19H30N2OS/c1-5-14-11-16(13(3)4)12-15(6-2)18(14)21(23)19(22)20-17-9-7-8-10-17/h11-13,17,23H,5-10H2,1-4H3,(H,20,22). The molecule has 1 saturated carbocycles. The molecular formula is C19H30N2OS. The molecule has 0 radical (unpaired) electrons. The van der Waals surface area contributed by atoms with Gasteiger partial charge in [0, 0.05) is 6.04 Å². The molecular weight excluding hydrogens is 304 g/mol. The van der Waals surface area contributed by atoms with E-state index in [0.29, 0.717) is 12.0 Å². The van der Waals surface area contributed by atoms with E-state index in [1.165, 1.54) is 33.8 Å². The number of aryl methyl sites for hydroxylation is 2. The van der Waals surface area contributed by atoms with Crippen molar-refractivity contribution in [1.29, 1.82) is 0 Å². The van der Waals surface area contributed by atoms with Crippen LogP contribution in [0.15, 0.2) is 12.1 Å². The summed E-state index contributed by atoms with van der Waals surface area (Å²) >= 11 is 4.54. The predicted molar refractivity (Wildman–Crippen MR) is 102 cm³/mol. The van der Waals surface area contributed by atoms with Crippen molar-refractivity contribution in [3.05, 3.63) is 28.8 Å². The van der Waals surface area contributed by atoms with Crippen LogP contribution in [0.3, 0.4) is 0 Å². The third-order valence-corrected chi connectivity index (χ3v) is 5.19. The van der Waals surface area contributed by atoms with E-state index in [4.69, 9.17) is 0 Å². The van der Waals surface area contributed by atoms with Crippen LogP contribution in [-0.2, 0) is 12.8 Å². The Morgan fingerprint density at radius 3 is 2.17 bits per heavy atom. The predicted octanol–water partition coefficient (Wildman–Crippen LogP) is 5.24. The Bertz CT molecular complexity index is 525. The number of amides is 2. The molecule has 23 heavy (non-hydrogen) atoms. The molecule has 1 fully saturated rings. The first-order valence-corrected chi connectivity index (χ1v) is 9.33. The lowest BCUT2D eigenvalue weighted by atomic mass is 9.94. The van der Waals surface area contributed by atoms with Gasteiger partial charge >= 0.3 is 6.03 Å². The SMILES string of the molecule is CCc1cc(C(C)C)cc(CC)c1N(S)C(=O)NC1CCCC1. The molecule has 4 heteroatoms. The number of nitrogens with zero attached hydrogens (tertiary/aromatic N) is 1. The van der Waals surface area contributed by atoms with E-state index in [0.717, 1.165) is 31.4 Å². The fraction of sp³-hybridized carbons (Fsp3) is 0.632. The van der Waals surface area contributed by atoms with Crippen molar-refractivity contribution in [2.75, 3.05) is 4.31 Å². The summed E-state index contributed by atoms with van der Waals surface area (Å²) in [4.78, 5) is 12.6. The van der Waals surface area contributed by atoms with E-state index in [-0.39, 0.29) is 6.03 Å². The number of nitrogens with one attached hydrogen (secondary N) is 1. The normalized spacial score (nSPS) is 15.2. The lowest BCUT2D eigenvalue weighted by molar-refractivity contribution is 0.246. The van der Waals surface area contributed by atoms with Gasteiger partial charge in [0.25, 0.3) is 0 Å². The van der Waals surface area contributed by atoms with Crippen LogP contribution in [0.25, 0.3) is 0 Å². The van der Waals surface area contributed by atoms with Crippen LogP contribution in [0.1, 0.15) is 76.0 Å². The molecule has 0 atom stereocenters. The summed E-state index contributed by atoms with van der Waals surface area (Å²) in [5, 5.41) is 3.13. The van der Waals surface area contributed by atoms with E-state index in [2.05, 4.69) is 58.0 Å². The fourth-order valence-corrected chi connectivity index (χ4v) is 3.65. The lowest BCUT2D eigenvalue weighted by Crippen LogP contribution is -2.40. The van der Waals surface area contributed by atoms with Gasteiger partial charge in [0.1, 0.15) is 0 Å². The minimum Gasteiger partial charge on any atom is -0.334 e. The van der Waals surface area contributed by atoms with Crippen molar-refractivity contribution >= 4 is 24.5 Å². The molecule has 2 rings (SSSR count). The average molecular weight is 335 g/mol. The molecule has 0 bridgehead atoms. The molecule has 1 aliphatic rings. The topological polar surface area (TPSA) is 32.3 Å². The van der Waals surface area contributed by atoms with Gasteiger partial charge in [-0.05, 0) is 48.3 Å². The Morgan fingerprint density at radius 2 is 1.74 bits per heavy atom. The minimum absolute atomic E-state index is 0.0954. The molecule has 0 aliphatic heterocycles. The van der Waals surface area contributed by atoms with Crippen LogP contribution < -0.4 is 9.62 Å². The van der Waals surface area contributed by atoms with Gasteiger partial charge in [-0.15, -0.1) is 0 Å². The van der Waals surface area contributed by atoms with E-state index in [9.17, 15) is 4.79 Å². The van der Waals surface area contributed by atoms with Gasteiger partial charge in [0.15, 0.2) is 0 Å². The summed E-state index contributed by atoms with van der Waals surface area (Å²) in [5.41, 5.74) is 4.70. The largest absolute Gasteiger partial charge is 0.334 e. The molecule has 2 amide bonds. The first kappa shape index (κ1) is 18.2. The van der Waals surface area contributed by atoms with Gasteiger partial charge in [-0.2, -0.15) is 0 Å². The maximum absolute atomic E-state index is 12.6. The molecule has 1 aromatic carbocycles. The fourth-order valence-electron chi connectivity index (χ4n) is 3.34. The number of anilines is 1. The maximum Gasteiger partial charge on any atom is 0.332 e. The van der Waals surface area contributed by atoms with Crippen molar-refractivity contribution in [2.45, 2.75) is 78.2 Å². The van der Waals surface area contributed by atoms with Crippen LogP contribution in [0.4, 0.5) is 10.5 Å². The monoisotopic (exact) mass is 334 g/mol. The van der Waals surface area contributed by atoms with Crippen LogP contribution in [-0.4, -0.2) is 12.1 Å². The highest BCUT2D eigenvalue weighted by Crippen LogP contribution is 2.32. The average Bonchev–Trinajstić information content (AvgIpc) is 3.05. The molecule has 0 spiro atoms. The molecule has 0 aromatic heterocycles. The number of hydrogen-bond acceptors (Lipinski definition) is 2.